The van der Waals surface area contributed by atoms with Gasteiger partial charge in [-0.25, -0.2) is 0 Å². The van der Waals surface area contributed by atoms with Gasteiger partial charge in [-0.2, -0.15) is 0 Å². The zero-order valence-corrected chi connectivity index (χ0v) is 34.7. The summed E-state index contributed by atoms with van der Waals surface area (Å²) in [7, 11) is 0. The zero-order chi connectivity index (χ0) is 38.1. The monoisotopic (exact) mass is 715 g/mol. The predicted molar refractivity (Wildman–Crippen MR) is 233 cm³/mol. The van der Waals surface area contributed by atoms with Crippen molar-refractivity contribution in [1.29, 1.82) is 0 Å². The molecule has 1 saturated heterocycles. The summed E-state index contributed by atoms with van der Waals surface area (Å²) in [6, 6.07) is 30.8. The first-order chi connectivity index (χ1) is 25.8. The first-order valence-electron chi connectivity index (χ1n) is 21.3. The Kier molecular flexibility index (Phi) is 9.77. The number of rotatable bonds is 8. The lowest BCUT2D eigenvalue weighted by Gasteiger charge is -2.57. The Morgan fingerprint density at radius 3 is 1.87 bits per heavy atom. The number of hydrogen-bond donors (Lipinski definition) is 0. The Morgan fingerprint density at radius 1 is 0.667 bits per heavy atom. The highest BCUT2D eigenvalue weighted by molar-refractivity contribution is 6.79. The molecule has 3 aliphatic carbocycles. The second kappa shape index (κ2) is 14.3. The van der Waals surface area contributed by atoms with Crippen molar-refractivity contribution in [3.05, 3.63) is 154 Å². The first kappa shape index (κ1) is 37.0. The van der Waals surface area contributed by atoms with E-state index in [2.05, 4.69) is 188 Å². The van der Waals surface area contributed by atoms with Crippen LogP contribution in [-0.2, 0) is 5.41 Å². The second-order valence-corrected chi connectivity index (χ2v) is 19.0. The van der Waals surface area contributed by atoms with E-state index in [0.29, 0.717) is 60.0 Å². The molecular formula is C51H63BN2. The maximum atomic E-state index is 2.79. The molecule has 0 amide bonds. The van der Waals surface area contributed by atoms with E-state index in [-0.39, 0.29) is 5.41 Å². The molecule has 0 saturated carbocycles. The molecule has 8 rings (SSSR count). The minimum absolute atomic E-state index is 0.0651. The van der Waals surface area contributed by atoms with Crippen LogP contribution in [0.4, 0.5) is 11.4 Å². The molecule has 0 spiro atoms. The van der Waals surface area contributed by atoms with E-state index in [1.165, 1.54) is 51.6 Å². The summed E-state index contributed by atoms with van der Waals surface area (Å²) in [6.07, 6.45) is 16.7. The highest BCUT2D eigenvalue weighted by Crippen LogP contribution is 2.58. The lowest BCUT2D eigenvalue weighted by atomic mass is 9.25. The van der Waals surface area contributed by atoms with Crippen molar-refractivity contribution in [3.8, 4) is 0 Å². The second-order valence-electron chi connectivity index (χ2n) is 19.0. The average molecular weight is 715 g/mol. The fourth-order valence-corrected chi connectivity index (χ4v) is 10.4. The largest absolute Gasteiger partial charge is 0.336 e. The van der Waals surface area contributed by atoms with Gasteiger partial charge in [-0.05, 0) is 118 Å². The minimum atomic E-state index is -0.0651. The molecule has 2 heterocycles. The predicted octanol–water partition coefficient (Wildman–Crippen LogP) is 13.4. The van der Waals surface area contributed by atoms with Crippen LogP contribution in [0.15, 0.2) is 137 Å². The zero-order valence-electron chi connectivity index (χ0n) is 34.7. The molecule has 2 nitrogen and oxygen atoms in total. The summed E-state index contributed by atoms with van der Waals surface area (Å²) in [5, 5.41) is 0. The number of nitrogens with zero attached hydrogens (tertiary/aromatic N) is 2. The fraction of sp³-hybridized carbons (Fsp3) is 0.451. The van der Waals surface area contributed by atoms with Gasteiger partial charge >= 0.3 is 0 Å². The van der Waals surface area contributed by atoms with E-state index >= 15 is 0 Å². The Labute approximate surface area is 327 Å². The number of benzene rings is 3. The van der Waals surface area contributed by atoms with Crippen molar-refractivity contribution in [2.24, 2.45) is 29.6 Å². The summed E-state index contributed by atoms with van der Waals surface area (Å²) in [4.78, 5) is 5.53. The molecule has 5 unspecified atom stereocenters. The third-order valence-electron chi connectivity index (χ3n) is 14.1. The van der Waals surface area contributed by atoms with Gasteiger partial charge in [0.1, 0.15) is 0 Å². The van der Waals surface area contributed by atoms with Crippen molar-refractivity contribution in [2.75, 3.05) is 9.80 Å². The van der Waals surface area contributed by atoms with E-state index in [4.69, 9.17) is 0 Å². The number of fused-ring (bicyclic) bond motifs is 4. The maximum Gasteiger partial charge on any atom is 0.222 e. The smallest absolute Gasteiger partial charge is 0.222 e. The van der Waals surface area contributed by atoms with Crippen LogP contribution in [0.25, 0.3) is 0 Å². The molecule has 1 fully saturated rings. The van der Waals surface area contributed by atoms with Crippen LogP contribution in [0.5, 0.6) is 0 Å². The van der Waals surface area contributed by atoms with Crippen LogP contribution < -0.4 is 9.80 Å². The maximum absolute atomic E-state index is 2.79. The van der Waals surface area contributed by atoms with Gasteiger partial charge in [-0.15, -0.1) is 0 Å². The van der Waals surface area contributed by atoms with E-state index in [9.17, 15) is 0 Å². The Balaban J connectivity index is 1.41. The number of anilines is 2. The lowest BCUT2D eigenvalue weighted by Crippen LogP contribution is -2.57. The molecule has 3 aromatic rings. The summed E-state index contributed by atoms with van der Waals surface area (Å²) in [5.41, 5.74) is 14.4. The third-order valence-corrected chi connectivity index (χ3v) is 14.1. The SMILES string of the molecule is CC(C)c1ccc(N2C3=CCC(C(C)C)C=C3B3C4=C2CC(C(C)(C)c2ccccc2)C=C4N(c2ccc(C(C)C)cc2)C2C=CC(C(C)C)CC32)cc1. The van der Waals surface area contributed by atoms with Gasteiger partial charge in [0, 0.05) is 34.5 Å². The third kappa shape index (κ3) is 6.28. The molecule has 3 aromatic carbocycles. The van der Waals surface area contributed by atoms with Crippen LogP contribution in [0.2, 0.25) is 5.82 Å². The van der Waals surface area contributed by atoms with Crippen molar-refractivity contribution in [2.45, 2.75) is 118 Å². The normalized spacial score (nSPS) is 25.2. The molecule has 0 aromatic heterocycles. The molecule has 5 atom stereocenters. The van der Waals surface area contributed by atoms with Crippen molar-refractivity contribution in [1.82, 2.24) is 0 Å². The number of allylic oxidation sites excluding steroid dienone is 7. The molecule has 0 N–H and O–H groups in total. The summed E-state index contributed by atoms with van der Waals surface area (Å²) < 4.78 is 0. The first-order valence-corrected chi connectivity index (χ1v) is 21.3. The molecular weight excluding hydrogens is 651 g/mol. The molecule has 280 valence electrons. The molecule has 0 radical (unpaired) electrons. The van der Waals surface area contributed by atoms with E-state index < -0.39 is 0 Å². The van der Waals surface area contributed by atoms with Gasteiger partial charge < -0.3 is 9.80 Å². The molecule has 2 aliphatic heterocycles. The summed E-state index contributed by atoms with van der Waals surface area (Å²) in [6.45, 7) is 24.3. The molecule has 5 aliphatic rings. The topological polar surface area (TPSA) is 6.48 Å². The van der Waals surface area contributed by atoms with Gasteiger partial charge in [-0.3, -0.25) is 0 Å². The van der Waals surface area contributed by atoms with Crippen LogP contribution in [-0.4, -0.2) is 12.8 Å². The van der Waals surface area contributed by atoms with E-state index in [1.807, 2.05) is 0 Å². The van der Waals surface area contributed by atoms with Gasteiger partial charge in [0.2, 0.25) is 6.71 Å². The van der Waals surface area contributed by atoms with Crippen molar-refractivity contribution >= 4 is 18.1 Å². The summed E-state index contributed by atoms with van der Waals surface area (Å²) >= 11 is 0. The van der Waals surface area contributed by atoms with E-state index in [1.54, 1.807) is 10.9 Å². The Bertz CT molecular complexity index is 2000. The van der Waals surface area contributed by atoms with Crippen LogP contribution in [0.3, 0.4) is 0 Å². The summed E-state index contributed by atoms with van der Waals surface area (Å²) in [5.74, 6) is 4.16. The van der Waals surface area contributed by atoms with Gasteiger partial charge in [0.05, 0.1) is 0 Å². The minimum Gasteiger partial charge on any atom is -0.336 e. The highest BCUT2D eigenvalue weighted by atomic mass is 15.2. The quantitative estimate of drug-likeness (QED) is 0.169. The molecule has 3 heteroatoms. The number of hydrogen-bond acceptors (Lipinski definition) is 2. The molecule has 0 bridgehead atoms. The van der Waals surface area contributed by atoms with E-state index in [0.717, 1.165) is 12.8 Å². The highest BCUT2D eigenvalue weighted by Gasteiger charge is 2.55. The Morgan fingerprint density at radius 2 is 1.28 bits per heavy atom. The molecule has 54 heavy (non-hydrogen) atoms. The fourth-order valence-electron chi connectivity index (χ4n) is 10.4. The van der Waals surface area contributed by atoms with Crippen LogP contribution in [0.1, 0.15) is 117 Å². The van der Waals surface area contributed by atoms with Crippen molar-refractivity contribution in [3.63, 3.8) is 0 Å². The lowest BCUT2D eigenvalue weighted by molar-refractivity contribution is 0.364. The van der Waals surface area contributed by atoms with Gasteiger partial charge in [-0.1, -0.05) is 160 Å². The standard InChI is InChI=1S/C51H63BN2/c1-32(2)36-16-22-42(23-17-36)53-46-26-20-38(34(5)6)28-44(46)52-45-29-39(35(7)8)21-27-47(45)54(43-24-18-37(19-25-43)33(3)4)49-31-41(30-48(53)50(49)52)51(9,10)40-14-12-11-13-15-40/h11-20,22-27,29-30,32-35,38-39,41,44,46H,21,28,31H2,1-10H3. The Hall–Kier alpha value is -3.98. The van der Waals surface area contributed by atoms with Gasteiger partial charge in [0.15, 0.2) is 0 Å². The van der Waals surface area contributed by atoms with Crippen molar-refractivity contribution < 1.29 is 0 Å². The van der Waals surface area contributed by atoms with Crippen LogP contribution in [0, 0.1) is 29.6 Å². The average Bonchev–Trinajstić information content (AvgIpc) is 3.17. The van der Waals surface area contributed by atoms with Crippen LogP contribution >= 0.6 is 0 Å². The van der Waals surface area contributed by atoms with Gasteiger partial charge in [0.25, 0.3) is 0 Å².